The number of carbonyl (C=O) groups is 1. The largest absolute Gasteiger partial charge is 0.444 e. The molecule has 0 saturated heterocycles. The maximum atomic E-state index is 11.8. The van der Waals surface area contributed by atoms with Crippen molar-refractivity contribution in [3.63, 3.8) is 0 Å². The number of rotatable bonds is 3. The first-order chi connectivity index (χ1) is 11.3. The molecule has 122 valence electrons. The number of carbonyl (C=O) groups excluding carboxylic acids is 1. The third-order valence-corrected chi connectivity index (χ3v) is 2.97. The summed E-state index contributed by atoms with van der Waals surface area (Å²) in [6.07, 6.45) is 0.914. The minimum Gasteiger partial charge on any atom is -0.444 e. The van der Waals surface area contributed by atoms with Gasteiger partial charge in [-0.25, -0.2) is 9.78 Å². The summed E-state index contributed by atoms with van der Waals surface area (Å²) in [5.41, 5.74) is 1.17. The molecule has 0 aliphatic carbocycles. The SMILES string of the molecule is CC(C)(C)OC(=O)Nc1cccc(Cn2cnc(C#N)c2C#N)c1. The molecule has 2 rings (SSSR count). The van der Waals surface area contributed by atoms with Gasteiger partial charge in [-0.3, -0.25) is 5.32 Å². The summed E-state index contributed by atoms with van der Waals surface area (Å²) in [6.45, 7) is 5.73. The zero-order valence-electron chi connectivity index (χ0n) is 13.7. The van der Waals surface area contributed by atoms with Gasteiger partial charge in [0.2, 0.25) is 0 Å². The van der Waals surface area contributed by atoms with Gasteiger partial charge in [0.15, 0.2) is 11.4 Å². The third-order valence-electron chi connectivity index (χ3n) is 2.97. The predicted octanol–water partition coefficient (Wildman–Crippen LogP) is 3.02. The molecule has 0 radical (unpaired) electrons. The van der Waals surface area contributed by atoms with Gasteiger partial charge in [-0.2, -0.15) is 10.5 Å². The number of ether oxygens (including phenoxy) is 1. The van der Waals surface area contributed by atoms with E-state index in [0.717, 1.165) is 5.56 Å². The molecule has 0 aliphatic heterocycles. The quantitative estimate of drug-likeness (QED) is 0.935. The van der Waals surface area contributed by atoms with Gasteiger partial charge < -0.3 is 9.30 Å². The van der Waals surface area contributed by atoms with Crippen LogP contribution in [0.4, 0.5) is 10.5 Å². The molecule has 7 heteroatoms. The number of anilines is 1. The number of nitriles is 2. The highest BCUT2D eigenvalue weighted by Crippen LogP contribution is 2.16. The Kier molecular flexibility index (Phi) is 4.86. The Labute approximate surface area is 140 Å². The molecule has 1 aromatic heterocycles. The smallest absolute Gasteiger partial charge is 0.412 e. The Hall–Kier alpha value is -3.32. The van der Waals surface area contributed by atoms with Crippen LogP contribution in [0, 0.1) is 22.7 Å². The van der Waals surface area contributed by atoms with E-state index in [-0.39, 0.29) is 11.4 Å². The van der Waals surface area contributed by atoms with Gasteiger partial charge in [-0.05, 0) is 38.5 Å². The first kappa shape index (κ1) is 17.0. The van der Waals surface area contributed by atoms with Gasteiger partial charge in [-0.1, -0.05) is 12.1 Å². The third kappa shape index (κ3) is 4.34. The highest BCUT2D eigenvalue weighted by molar-refractivity contribution is 5.84. The number of hydrogen-bond donors (Lipinski definition) is 1. The lowest BCUT2D eigenvalue weighted by Crippen LogP contribution is -2.27. The molecular formula is C17H17N5O2. The number of aromatic nitrogens is 2. The molecule has 24 heavy (non-hydrogen) atoms. The van der Waals surface area contributed by atoms with Crippen molar-refractivity contribution < 1.29 is 9.53 Å². The standard InChI is InChI=1S/C17H17N5O2/c1-17(2,3)24-16(23)21-13-6-4-5-12(7-13)10-22-11-20-14(8-18)15(22)9-19/h4-7,11H,10H2,1-3H3,(H,21,23). The van der Waals surface area contributed by atoms with Crippen LogP contribution in [0.15, 0.2) is 30.6 Å². The van der Waals surface area contributed by atoms with Crippen LogP contribution in [0.5, 0.6) is 0 Å². The van der Waals surface area contributed by atoms with E-state index in [1.54, 1.807) is 43.5 Å². The Balaban J connectivity index is 2.14. The van der Waals surface area contributed by atoms with E-state index in [9.17, 15) is 4.79 Å². The number of amides is 1. The lowest BCUT2D eigenvalue weighted by Gasteiger charge is -2.19. The number of benzene rings is 1. The average molecular weight is 323 g/mol. The van der Waals surface area contributed by atoms with Crippen molar-refractivity contribution in [2.75, 3.05) is 5.32 Å². The minimum absolute atomic E-state index is 0.0977. The van der Waals surface area contributed by atoms with Crippen LogP contribution in [-0.2, 0) is 11.3 Å². The summed E-state index contributed by atoms with van der Waals surface area (Å²) in [4.78, 5) is 15.7. The molecule has 0 saturated carbocycles. The highest BCUT2D eigenvalue weighted by Gasteiger charge is 2.16. The zero-order chi connectivity index (χ0) is 17.7. The molecule has 0 fully saturated rings. The molecule has 0 aliphatic rings. The molecular weight excluding hydrogens is 306 g/mol. The lowest BCUT2D eigenvalue weighted by atomic mass is 10.2. The van der Waals surface area contributed by atoms with Gasteiger partial charge in [0.25, 0.3) is 0 Å². The fourth-order valence-electron chi connectivity index (χ4n) is 2.07. The molecule has 1 N–H and O–H groups in total. The van der Waals surface area contributed by atoms with Crippen LogP contribution in [0.1, 0.15) is 37.7 Å². The summed E-state index contributed by atoms with van der Waals surface area (Å²) >= 11 is 0. The van der Waals surface area contributed by atoms with Crippen LogP contribution < -0.4 is 5.32 Å². The van der Waals surface area contributed by atoms with Crippen molar-refractivity contribution in [2.24, 2.45) is 0 Å². The Morgan fingerprint density at radius 1 is 1.33 bits per heavy atom. The van der Waals surface area contributed by atoms with Crippen LogP contribution in [0.3, 0.4) is 0 Å². The van der Waals surface area contributed by atoms with Crippen molar-refractivity contribution in [3.05, 3.63) is 47.5 Å². The van der Waals surface area contributed by atoms with Crippen molar-refractivity contribution in [1.29, 1.82) is 10.5 Å². The molecule has 1 aromatic carbocycles. The normalized spacial score (nSPS) is 10.5. The number of imidazole rings is 1. The van der Waals surface area contributed by atoms with Crippen molar-refractivity contribution in [2.45, 2.75) is 32.9 Å². The van der Waals surface area contributed by atoms with E-state index in [4.69, 9.17) is 15.3 Å². The van der Waals surface area contributed by atoms with Gasteiger partial charge >= 0.3 is 6.09 Å². The molecule has 0 bridgehead atoms. The molecule has 0 atom stereocenters. The van der Waals surface area contributed by atoms with Crippen LogP contribution >= 0.6 is 0 Å². The van der Waals surface area contributed by atoms with Crippen molar-refractivity contribution in [1.82, 2.24) is 9.55 Å². The summed E-state index contributed by atoms with van der Waals surface area (Å²) in [5, 5.41) is 20.7. The fourth-order valence-corrected chi connectivity index (χ4v) is 2.07. The van der Waals surface area contributed by atoms with E-state index in [1.165, 1.54) is 6.33 Å². The first-order valence-corrected chi connectivity index (χ1v) is 7.26. The van der Waals surface area contributed by atoms with E-state index >= 15 is 0 Å². The molecule has 1 amide bonds. The van der Waals surface area contributed by atoms with Gasteiger partial charge in [0.1, 0.15) is 17.7 Å². The fraction of sp³-hybridized carbons (Fsp3) is 0.294. The van der Waals surface area contributed by atoms with Gasteiger partial charge in [-0.15, -0.1) is 0 Å². The summed E-state index contributed by atoms with van der Waals surface area (Å²) < 4.78 is 6.80. The van der Waals surface area contributed by atoms with Crippen molar-refractivity contribution >= 4 is 11.8 Å². The zero-order valence-corrected chi connectivity index (χ0v) is 13.7. The van der Waals surface area contributed by atoms with E-state index in [0.29, 0.717) is 12.2 Å². The highest BCUT2D eigenvalue weighted by atomic mass is 16.6. The summed E-state index contributed by atoms with van der Waals surface area (Å²) in [5.74, 6) is 0. The van der Waals surface area contributed by atoms with Gasteiger partial charge in [0.05, 0.1) is 6.33 Å². The molecule has 2 aromatic rings. The number of nitrogens with one attached hydrogen (secondary N) is 1. The maximum absolute atomic E-state index is 11.8. The molecule has 7 nitrogen and oxygen atoms in total. The topological polar surface area (TPSA) is 104 Å². The van der Waals surface area contributed by atoms with Crippen LogP contribution in [0.2, 0.25) is 0 Å². The second-order valence-electron chi connectivity index (χ2n) is 6.12. The maximum Gasteiger partial charge on any atom is 0.412 e. The Bertz CT molecular complexity index is 834. The molecule has 1 heterocycles. The second-order valence-corrected chi connectivity index (χ2v) is 6.12. The number of hydrogen-bond acceptors (Lipinski definition) is 5. The Morgan fingerprint density at radius 2 is 2.08 bits per heavy atom. The first-order valence-electron chi connectivity index (χ1n) is 7.26. The monoisotopic (exact) mass is 323 g/mol. The van der Waals surface area contributed by atoms with Crippen LogP contribution in [-0.4, -0.2) is 21.2 Å². The van der Waals surface area contributed by atoms with E-state index in [1.807, 2.05) is 18.2 Å². The van der Waals surface area contributed by atoms with Gasteiger partial charge in [0, 0.05) is 12.2 Å². The summed E-state index contributed by atoms with van der Waals surface area (Å²) in [7, 11) is 0. The van der Waals surface area contributed by atoms with E-state index < -0.39 is 11.7 Å². The minimum atomic E-state index is -0.576. The average Bonchev–Trinajstić information content (AvgIpc) is 2.87. The number of nitrogens with zero attached hydrogens (tertiary/aromatic N) is 4. The summed E-state index contributed by atoms with van der Waals surface area (Å²) in [6, 6.07) is 11.0. The van der Waals surface area contributed by atoms with Crippen molar-refractivity contribution in [3.8, 4) is 12.1 Å². The molecule has 0 unspecified atom stereocenters. The Morgan fingerprint density at radius 3 is 2.71 bits per heavy atom. The van der Waals surface area contributed by atoms with E-state index in [2.05, 4.69) is 10.3 Å². The molecule has 0 spiro atoms. The van der Waals surface area contributed by atoms with Crippen LogP contribution in [0.25, 0.3) is 0 Å². The predicted molar refractivity (Wildman–Crippen MR) is 87.1 cm³/mol. The second kappa shape index (κ2) is 6.84. The lowest BCUT2D eigenvalue weighted by molar-refractivity contribution is 0.0636.